The summed E-state index contributed by atoms with van der Waals surface area (Å²) in [5, 5.41) is 19.7. The molecule has 3 rings (SSSR count). The molecule has 0 aliphatic rings. The summed E-state index contributed by atoms with van der Waals surface area (Å²) in [6.07, 6.45) is -10.1. The first kappa shape index (κ1) is 23.5. The second-order valence-electron chi connectivity index (χ2n) is 6.76. The Morgan fingerprint density at radius 2 is 1.52 bits per heavy atom. The van der Waals surface area contributed by atoms with E-state index in [9.17, 15) is 31.6 Å². The van der Waals surface area contributed by atoms with Gasteiger partial charge in [0.2, 0.25) is 0 Å². The van der Waals surface area contributed by atoms with Gasteiger partial charge in [0.05, 0.1) is 22.4 Å². The number of nitrogens with one attached hydrogen (secondary N) is 1. The Bertz CT molecular complexity index is 1210. The molecule has 1 aromatic heterocycles. The van der Waals surface area contributed by atoms with Crippen molar-refractivity contribution in [2.24, 2.45) is 10.2 Å². The Morgan fingerprint density at radius 3 is 2.03 bits per heavy atom. The van der Waals surface area contributed by atoms with Crippen LogP contribution in [0.15, 0.2) is 58.8 Å². The maximum absolute atomic E-state index is 13.0. The molecule has 170 valence electrons. The molecular weight excluding hydrogens is 450 g/mol. The second kappa shape index (κ2) is 8.78. The summed E-state index contributed by atoms with van der Waals surface area (Å²) in [5.74, 6) is -0.118. The number of benzene rings is 2. The van der Waals surface area contributed by atoms with Crippen LogP contribution < -0.4 is 11.1 Å². The number of halogens is 6. The molecule has 0 atom stereocenters. The Balaban J connectivity index is 2.05. The standard InChI is InChI=1S/C21H14F6N6/c1-11-16(10-28)19(30-14-5-3-2-4-6-14)31-18(29)17(11)33-32-15-8-12(20(22,23)24)7-13(9-15)21(25,26)27/h2-9H,1H3,(H3,29,30,31). The second-order valence-corrected chi connectivity index (χ2v) is 6.76. The lowest BCUT2D eigenvalue weighted by Crippen LogP contribution is -2.10. The van der Waals surface area contributed by atoms with Crippen molar-refractivity contribution in [1.29, 1.82) is 5.26 Å². The van der Waals surface area contributed by atoms with Gasteiger partial charge in [-0.05, 0) is 37.3 Å². The zero-order valence-electron chi connectivity index (χ0n) is 16.8. The molecule has 2 aromatic carbocycles. The highest BCUT2D eigenvalue weighted by Gasteiger charge is 2.37. The minimum atomic E-state index is -5.03. The van der Waals surface area contributed by atoms with Crippen molar-refractivity contribution in [2.75, 3.05) is 11.1 Å². The third kappa shape index (κ3) is 5.38. The van der Waals surface area contributed by atoms with E-state index >= 15 is 0 Å². The molecule has 0 spiro atoms. The molecule has 0 bridgehead atoms. The van der Waals surface area contributed by atoms with E-state index in [1.165, 1.54) is 6.92 Å². The first-order valence-corrected chi connectivity index (χ1v) is 9.13. The van der Waals surface area contributed by atoms with Crippen molar-refractivity contribution in [1.82, 2.24) is 4.98 Å². The number of aromatic nitrogens is 1. The van der Waals surface area contributed by atoms with E-state index in [0.29, 0.717) is 17.8 Å². The summed E-state index contributed by atoms with van der Waals surface area (Å²) in [6, 6.07) is 11.5. The SMILES string of the molecule is Cc1c(C#N)c(Nc2ccccc2)nc(N)c1N=Nc1cc(C(F)(F)F)cc(C(F)(F)F)c1. The number of azo groups is 1. The van der Waals surface area contributed by atoms with E-state index in [2.05, 4.69) is 20.5 Å². The Kier molecular flexibility index (Phi) is 6.25. The van der Waals surface area contributed by atoms with Crippen molar-refractivity contribution in [3.05, 3.63) is 70.8 Å². The van der Waals surface area contributed by atoms with Gasteiger partial charge in [0.15, 0.2) is 11.6 Å². The van der Waals surface area contributed by atoms with E-state index in [4.69, 9.17) is 5.73 Å². The summed E-state index contributed by atoms with van der Waals surface area (Å²) >= 11 is 0. The lowest BCUT2D eigenvalue weighted by Gasteiger charge is -2.13. The number of rotatable bonds is 4. The number of alkyl halides is 6. The van der Waals surface area contributed by atoms with Gasteiger partial charge in [-0.1, -0.05) is 18.2 Å². The number of nitriles is 1. The number of nitrogens with zero attached hydrogens (tertiary/aromatic N) is 4. The van der Waals surface area contributed by atoms with E-state index < -0.39 is 29.2 Å². The Labute approximate surface area is 183 Å². The summed E-state index contributed by atoms with van der Waals surface area (Å²) in [4.78, 5) is 4.06. The summed E-state index contributed by atoms with van der Waals surface area (Å²) < 4.78 is 78.2. The highest BCUT2D eigenvalue weighted by atomic mass is 19.4. The maximum Gasteiger partial charge on any atom is 0.416 e. The Morgan fingerprint density at radius 1 is 0.939 bits per heavy atom. The lowest BCUT2D eigenvalue weighted by atomic mass is 10.1. The molecule has 12 heteroatoms. The highest BCUT2D eigenvalue weighted by molar-refractivity contribution is 5.75. The van der Waals surface area contributed by atoms with Crippen LogP contribution in [0, 0.1) is 18.3 Å². The van der Waals surface area contributed by atoms with Gasteiger partial charge in [-0.15, -0.1) is 5.11 Å². The molecule has 0 unspecified atom stereocenters. The van der Waals surface area contributed by atoms with Crippen molar-refractivity contribution in [3.8, 4) is 6.07 Å². The van der Waals surface area contributed by atoms with Gasteiger partial charge in [-0.25, -0.2) is 4.98 Å². The molecule has 3 aromatic rings. The molecule has 0 fully saturated rings. The monoisotopic (exact) mass is 464 g/mol. The van der Waals surface area contributed by atoms with Crippen molar-refractivity contribution < 1.29 is 26.3 Å². The lowest BCUT2D eigenvalue weighted by molar-refractivity contribution is -0.143. The van der Waals surface area contributed by atoms with Crippen LogP contribution in [-0.2, 0) is 12.4 Å². The molecule has 3 N–H and O–H groups in total. The summed E-state index contributed by atoms with van der Waals surface area (Å²) in [7, 11) is 0. The fraction of sp³-hybridized carbons (Fsp3) is 0.143. The van der Waals surface area contributed by atoms with Gasteiger partial charge >= 0.3 is 12.4 Å². The summed E-state index contributed by atoms with van der Waals surface area (Å²) in [5.41, 5.74) is 2.80. The number of nitrogens with two attached hydrogens (primary N) is 1. The first-order chi connectivity index (χ1) is 15.4. The van der Waals surface area contributed by atoms with Gasteiger partial charge in [-0.2, -0.15) is 36.7 Å². The van der Waals surface area contributed by atoms with E-state index in [0.717, 1.165) is 0 Å². The van der Waals surface area contributed by atoms with Crippen molar-refractivity contribution >= 4 is 28.7 Å². The van der Waals surface area contributed by atoms with Crippen molar-refractivity contribution in [3.63, 3.8) is 0 Å². The Hall–Kier alpha value is -4.14. The van der Waals surface area contributed by atoms with Gasteiger partial charge in [0.25, 0.3) is 0 Å². The molecule has 0 saturated carbocycles. The van der Waals surface area contributed by atoms with Crippen LogP contribution >= 0.6 is 0 Å². The molecule has 0 aliphatic heterocycles. The molecular formula is C21H14F6N6. The average molecular weight is 464 g/mol. The zero-order valence-corrected chi connectivity index (χ0v) is 16.8. The molecule has 33 heavy (non-hydrogen) atoms. The molecule has 6 nitrogen and oxygen atoms in total. The zero-order chi connectivity index (χ0) is 24.4. The smallest absolute Gasteiger partial charge is 0.382 e. The van der Waals surface area contributed by atoms with Gasteiger partial charge in [-0.3, -0.25) is 0 Å². The number of nitrogen functional groups attached to an aromatic ring is 1. The maximum atomic E-state index is 13.0. The van der Waals surface area contributed by atoms with Crippen LogP contribution in [0.3, 0.4) is 0 Å². The first-order valence-electron chi connectivity index (χ1n) is 9.13. The van der Waals surface area contributed by atoms with Crippen LogP contribution in [-0.4, -0.2) is 4.98 Å². The number of anilines is 3. The van der Waals surface area contributed by atoms with Crippen LogP contribution in [0.1, 0.15) is 22.3 Å². The molecule has 0 amide bonds. The van der Waals surface area contributed by atoms with E-state index in [-0.39, 0.29) is 34.5 Å². The van der Waals surface area contributed by atoms with Crippen LogP contribution in [0.25, 0.3) is 0 Å². The minimum absolute atomic E-state index is 0.0159. The molecule has 0 aliphatic carbocycles. The number of hydrogen-bond acceptors (Lipinski definition) is 6. The highest BCUT2D eigenvalue weighted by Crippen LogP contribution is 2.39. The van der Waals surface area contributed by atoms with E-state index in [1.54, 1.807) is 30.3 Å². The average Bonchev–Trinajstić information content (AvgIpc) is 2.73. The van der Waals surface area contributed by atoms with Crippen LogP contribution in [0.4, 0.5) is 55.0 Å². The molecule has 1 heterocycles. The largest absolute Gasteiger partial charge is 0.416 e. The van der Waals surface area contributed by atoms with Gasteiger partial charge in [0, 0.05) is 11.3 Å². The number of para-hydroxylation sites is 1. The van der Waals surface area contributed by atoms with Crippen LogP contribution in [0.2, 0.25) is 0 Å². The minimum Gasteiger partial charge on any atom is -0.382 e. The van der Waals surface area contributed by atoms with Gasteiger partial charge in [0.1, 0.15) is 11.8 Å². The van der Waals surface area contributed by atoms with Gasteiger partial charge < -0.3 is 11.1 Å². The van der Waals surface area contributed by atoms with Crippen molar-refractivity contribution in [2.45, 2.75) is 19.3 Å². The molecule has 0 saturated heterocycles. The summed E-state index contributed by atoms with van der Waals surface area (Å²) in [6.45, 7) is 1.45. The number of pyridine rings is 1. The topological polar surface area (TPSA) is 99.5 Å². The molecule has 0 radical (unpaired) electrons. The third-order valence-electron chi connectivity index (χ3n) is 4.43. The number of hydrogen-bond donors (Lipinski definition) is 2. The fourth-order valence-corrected chi connectivity index (χ4v) is 2.83. The van der Waals surface area contributed by atoms with Crippen LogP contribution in [0.5, 0.6) is 0 Å². The third-order valence-corrected chi connectivity index (χ3v) is 4.43. The normalized spacial score (nSPS) is 12.1. The van der Waals surface area contributed by atoms with E-state index in [1.807, 2.05) is 6.07 Å². The quantitative estimate of drug-likeness (QED) is 0.319. The predicted octanol–water partition coefficient (Wildman–Crippen LogP) is 7.04. The fourth-order valence-electron chi connectivity index (χ4n) is 2.83. The predicted molar refractivity (Wildman–Crippen MR) is 108 cm³/mol.